The molecule has 0 aliphatic carbocycles. The number of thiophene rings is 1. The zero-order valence-corrected chi connectivity index (χ0v) is 11.8. The molecule has 0 unspecified atom stereocenters. The number of hydrogen-bond acceptors (Lipinski definition) is 2. The number of carbonyl (C=O) groups is 1. The highest BCUT2D eigenvalue weighted by Gasteiger charge is 2.16. The number of rotatable bonds is 2. The van der Waals surface area contributed by atoms with Crippen LogP contribution in [0.5, 0.6) is 0 Å². The van der Waals surface area contributed by atoms with Gasteiger partial charge in [0.2, 0.25) is 5.78 Å². The van der Waals surface area contributed by atoms with Crippen molar-refractivity contribution in [3.05, 3.63) is 69.4 Å². The Labute approximate surface area is 116 Å². The van der Waals surface area contributed by atoms with Crippen LogP contribution in [0.1, 0.15) is 25.7 Å². The van der Waals surface area contributed by atoms with E-state index in [2.05, 4.69) is 6.07 Å². The van der Waals surface area contributed by atoms with E-state index in [0.717, 1.165) is 26.8 Å². The molecule has 2 aromatic carbocycles. The normalized spacial score (nSPS) is 10.8. The monoisotopic (exact) mass is 266 g/mol. The Morgan fingerprint density at radius 2 is 1.74 bits per heavy atom. The Morgan fingerprint density at radius 1 is 0.947 bits per heavy atom. The molecule has 94 valence electrons. The second kappa shape index (κ2) is 4.63. The fraction of sp³-hybridized carbons (Fsp3) is 0.118. The molecule has 0 spiro atoms. The van der Waals surface area contributed by atoms with E-state index in [0.29, 0.717) is 0 Å². The zero-order valence-electron chi connectivity index (χ0n) is 10.9. The van der Waals surface area contributed by atoms with Gasteiger partial charge < -0.3 is 0 Å². The first kappa shape index (κ1) is 12.1. The van der Waals surface area contributed by atoms with Crippen LogP contribution in [-0.4, -0.2) is 5.78 Å². The summed E-state index contributed by atoms with van der Waals surface area (Å²) in [6, 6.07) is 16.1. The van der Waals surface area contributed by atoms with E-state index < -0.39 is 0 Å². The quantitative estimate of drug-likeness (QED) is 0.612. The van der Waals surface area contributed by atoms with Gasteiger partial charge in [0, 0.05) is 10.4 Å². The van der Waals surface area contributed by atoms with Crippen LogP contribution < -0.4 is 0 Å². The fourth-order valence-corrected chi connectivity index (χ4v) is 3.18. The highest BCUT2D eigenvalue weighted by Crippen LogP contribution is 2.27. The standard InChI is InChI=1S/C17H14OS/c1-11-7-9-13-5-3-4-6-14(13)16(11)17(18)15-10-8-12(2)19-15/h3-10H,1-2H3. The second-order valence-electron chi connectivity index (χ2n) is 4.72. The molecule has 0 aliphatic rings. The summed E-state index contributed by atoms with van der Waals surface area (Å²) in [5.74, 6) is 0.132. The molecule has 0 atom stereocenters. The predicted molar refractivity (Wildman–Crippen MR) is 81.2 cm³/mol. The van der Waals surface area contributed by atoms with Crippen LogP contribution in [0.15, 0.2) is 48.5 Å². The van der Waals surface area contributed by atoms with Gasteiger partial charge >= 0.3 is 0 Å². The smallest absolute Gasteiger partial charge is 0.203 e. The molecule has 3 aromatic rings. The lowest BCUT2D eigenvalue weighted by atomic mass is 9.96. The van der Waals surface area contributed by atoms with Crippen molar-refractivity contribution in [2.75, 3.05) is 0 Å². The maximum Gasteiger partial charge on any atom is 0.203 e. The summed E-state index contributed by atoms with van der Waals surface area (Å²) < 4.78 is 0. The second-order valence-corrected chi connectivity index (χ2v) is 6.01. The summed E-state index contributed by atoms with van der Waals surface area (Å²) in [6.45, 7) is 4.03. The van der Waals surface area contributed by atoms with E-state index in [-0.39, 0.29) is 5.78 Å². The highest BCUT2D eigenvalue weighted by molar-refractivity contribution is 7.14. The van der Waals surface area contributed by atoms with Gasteiger partial charge in [-0.05, 0) is 42.3 Å². The third-order valence-electron chi connectivity index (χ3n) is 3.33. The van der Waals surface area contributed by atoms with Gasteiger partial charge in [-0.15, -0.1) is 11.3 Å². The molecule has 0 bridgehead atoms. The van der Waals surface area contributed by atoms with E-state index in [1.807, 2.05) is 56.3 Å². The molecule has 1 aromatic heterocycles. The third-order valence-corrected chi connectivity index (χ3v) is 4.33. The Balaban J connectivity index is 2.24. The summed E-state index contributed by atoms with van der Waals surface area (Å²) in [5, 5.41) is 2.16. The van der Waals surface area contributed by atoms with Crippen LogP contribution in [0.4, 0.5) is 0 Å². The molecule has 1 heterocycles. The molecule has 1 nitrogen and oxygen atoms in total. The summed E-state index contributed by atoms with van der Waals surface area (Å²) in [4.78, 5) is 14.7. The maximum atomic E-state index is 12.7. The molecule has 0 saturated carbocycles. The van der Waals surface area contributed by atoms with Crippen molar-refractivity contribution in [2.24, 2.45) is 0 Å². The van der Waals surface area contributed by atoms with Crippen molar-refractivity contribution in [1.29, 1.82) is 0 Å². The average molecular weight is 266 g/mol. The minimum atomic E-state index is 0.132. The van der Waals surface area contributed by atoms with Gasteiger partial charge in [0.15, 0.2) is 0 Å². The van der Waals surface area contributed by atoms with Gasteiger partial charge in [0.05, 0.1) is 4.88 Å². The molecular formula is C17H14OS. The van der Waals surface area contributed by atoms with Crippen LogP contribution in [0.2, 0.25) is 0 Å². The Morgan fingerprint density at radius 3 is 2.47 bits per heavy atom. The SMILES string of the molecule is Cc1ccc(C(=O)c2c(C)ccc3ccccc23)s1. The molecule has 0 fully saturated rings. The Hall–Kier alpha value is -1.93. The third kappa shape index (κ3) is 2.08. The van der Waals surface area contributed by atoms with E-state index in [1.165, 1.54) is 4.88 Å². The summed E-state index contributed by atoms with van der Waals surface area (Å²) in [5.41, 5.74) is 1.87. The Bertz CT molecular complexity index is 768. The number of aryl methyl sites for hydroxylation is 2. The Kier molecular flexibility index (Phi) is 2.96. The molecule has 3 rings (SSSR count). The summed E-state index contributed by atoms with van der Waals surface area (Å²) in [7, 11) is 0. The molecule has 19 heavy (non-hydrogen) atoms. The molecule has 0 saturated heterocycles. The molecule has 0 aliphatic heterocycles. The first-order valence-corrected chi connectivity index (χ1v) is 7.08. The van der Waals surface area contributed by atoms with E-state index >= 15 is 0 Å². The minimum Gasteiger partial charge on any atom is -0.288 e. The number of ketones is 1. The van der Waals surface area contributed by atoms with E-state index in [9.17, 15) is 4.79 Å². The van der Waals surface area contributed by atoms with Gasteiger partial charge in [-0.2, -0.15) is 0 Å². The van der Waals surface area contributed by atoms with E-state index in [1.54, 1.807) is 11.3 Å². The maximum absolute atomic E-state index is 12.7. The molecule has 2 heteroatoms. The molecular weight excluding hydrogens is 252 g/mol. The van der Waals surface area contributed by atoms with Crippen molar-refractivity contribution in [3.8, 4) is 0 Å². The lowest BCUT2D eigenvalue weighted by Crippen LogP contribution is -2.02. The van der Waals surface area contributed by atoms with Gasteiger partial charge in [-0.25, -0.2) is 0 Å². The van der Waals surface area contributed by atoms with Crippen molar-refractivity contribution < 1.29 is 4.79 Å². The van der Waals surface area contributed by atoms with Crippen LogP contribution in [0, 0.1) is 13.8 Å². The van der Waals surface area contributed by atoms with Crippen molar-refractivity contribution in [1.82, 2.24) is 0 Å². The van der Waals surface area contributed by atoms with Crippen LogP contribution in [-0.2, 0) is 0 Å². The lowest BCUT2D eigenvalue weighted by Gasteiger charge is -2.08. The van der Waals surface area contributed by atoms with Gasteiger partial charge in [0.1, 0.15) is 0 Å². The van der Waals surface area contributed by atoms with Crippen LogP contribution >= 0.6 is 11.3 Å². The summed E-state index contributed by atoms with van der Waals surface area (Å²) >= 11 is 1.56. The van der Waals surface area contributed by atoms with Gasteiger partial charge in [-0.3, -0.25) is 4.79 Å². The van der Waals surface area contributed by atoms with Gasteiger partial charge in [0.25, 0.3) is 0 Å². The lowest BCUT2D eigenvalue weighted by molar-refractivity contribution is 0.104. The number of carbonyl (C=O) groups excluding carboxylic acids is 1. The first-order valence-electron chi connectivity index (χ1n) is 6.26. The molecule has 0 N–H and O–H groups in total. The number of fused-ring (bicyclic) bond motifs is 1. The number of benzene rings is 2. The highest BCUT2D eigenvalue weighted by atomic mass is 32.1. The zero-order chi connectivity index (χ0) is 13.4. The van der Waals surface area contributed by atoms with Crippen LogP contribution in [0.3, 0.4) is 0 Å². The number of hydrogen-bond donors (Lipinski definition) is 0. The first-order chi connectivity index (χ1) is 9.16. The predicted octanol–water partition coefficient (Wildman–Crippen LogP) is 4.75. The molecule has 0 radical (unpaired) electrons. The topological polar surface area (TPSA) is 17.1 Å². The van der Waals surface area contributed by atoms with Crippen molar-refractivity contribution in [3.63, 3.8) is 0 Å². The van der Waals surface area contributed by atoms with E-state index in [4.69, 9.17) is 0 Å². The average Bonchev–Trinajstić information content (AvgIpc) is 2.85. The van der Waals surface area contributed by atoms with Gasteiger partial charge in [-0.1, -0.05) is 36.4 Å². The fourth-order valence-electron chi connectivity index (χ4n) is 2.36. The van der Waals surface area contributed by atoms with Crippen LogP contribution in [0.25, 0.3) is 10.8 Å². The molecule has 0 amide bonds. The van der Waals surface area contributed by atoms with Crippen molar-refractivity contribution >= 4 is 27.9 Å². The van der Waals surface area contributed by atoms with Crippen molar-refractivity contribution in [2.45, 2.75) is 13.8 Å². The minimum absolute atomic E-state index is 0.132. The summed E-state index contributed by atoms with van der Waals surface area (Å²) in [6.07, 6.45) is 0. The largest absolute Gasteiger partial charge is 0.288 e.